The quantitative estimate of drug-likeness (QED) is 0.179. The second-order valence-electron chi connectivity index (χ2n) is 14.7. The molecule has 0 bridgehead atoms. The van der Waals surface area contributed by atoms with E-state index in [9.17, 15) is 0 Å². The molecule has 0 atom stereocenters. The molecule has 0 aliphatic rings. The monoisotopic (exact) mass is 760 g/mol. The molecule has 0 spiro atoms. The summed E-state index contributed by atoms with van der Waals surface area (Å²) in [6, 6.07) is 59.0. The molecule has 8 aromatic carbocycles. The van der Waals surface area contributed by atoms with Crippen LogP contribution in [0.25, 0.3) is 126 Å². The van der Waals surface area contributed by atoms with E-state index in [2.05, 4.69) is 138 Å². The first kappa shape index (κ1) is 31.6. The minimum Gasteiger partial charge on any atom is -0.456 e. The molecule has 5 aromatic heterocycles. The molecular weight excluding hydrogens is 733 g/mol. The normalized spacial score (nSPS) is 12.1. The van der Waals surface area contributed by atoms with Gasteiger partial charge in [0.1, 0.15) is 22.3 Å². The van der Waals surface area contributed by atoms with Crippen LogP contribution in [0.1, 0.15) is 0 Å². The average molecular weight is 761 g/mol. The zero-order chi connectivity index (χ0) is 37.9. The van der Waals surface area contributed by atoms with Crippen LogP contribution in [0, 0.1) is 0 Å². The highest BCUT2D eigenvalue weighted by molar-refractivity contribution is 7.26. The van der Waals surface area contributed by atoms with Gasteiger partial charge in [-0.2, -0.15) is 9.97 Å². The fourth-order valence-electron chi connectivity index (χ4n) is 8.88. The lowest BCUT2D eigenvalue weighted by molar-refractivity contribution is 0.668. The van der Waals surface area contributed by atoms with Crippen molar-refractivity contribution in [2.45, 2.75) is 0 Å². The van der Waals surface area contributed by atoms with Crippen molar-refractivity contribution in [2.24, 2.45) is 0 Å². The van der Waals surface area contributed by atoms with E-state index in [1.807, 2.05) is 47.7 Å². The van der Waals surface area contributed by atoms with Crippen molar-refractivity contribution < 1.29 is 8.83 Å². The summed E-state index contributed by atoms with van der Waals surface area (Å²) in [6.07, 6.45) is 0. The van der Waals surface area contributed by atoms with Crippen LogP contribution in [0.5, 0.6) is 0 Å². The van der Waals surface area contributed by atoms with Gasteiger partial charge in [0.15, 0.2) is 11.6 Å². The van der Waals surface area contributed by atoms with Crippen molar-refractivity contribution in [3.63, 3.8) is 0 Å². The highest BCUT2D eigenvalue weighted by Crippen LogP contribution is 2.44. The SMILES string of the molecule is c1ccc(-c2cccc3oc4cc(-c5nc(-c6ccc7c(c6)oc6ccccc67)nc(-n6c7ccccc7c7ccc8sc9ccccc9c8c76)n5)ccc4c23)cc1. The molecule has 5 heterocycles. The van der Waals surface area contributed by atoms with Gasteiger partial charge in [-0.05, 0) is 65.7 Å². The minimum atomic E-state index is 0.537. The Morgan fingerprint density at radius 3 is 1.88 bits per heavy atom. The molecule has 0 saturated carbocycles. The first-order chi connectivity index (χ1) is 28.7. The molecule has 6 nitrogen and oxygen atoms in total. The first-order valence-corrected chi connectivity index (χ1v) is 20.1. The predicted octanol–water partition coefficient (Wildman–Crippen LogP) is 14.1. The Morgan fingerprint density at radius 2 is 1.03 bits per heavy atom. The summed E-state index contributed by atoms with van der Waals surface area (Å²) in [6.45, 7) is 0. The van der Waals surface area contributed by atoms with Crippen molar-refractivity contribution in [3.8, 4) is 39.9 Å². The zero-order valence-electron chi connectivity index (χ0n) is 30.7. The Balaban J connectivity index is 1.09. The van der Waals surface area contributed by atoms with Crippen molar-refractivity contribution >= 4 is 97.2 Å². The molecule has 7 heteroatoms. The maximum Gasteiger partial charge on any atom is 0.238 e. The van der Waals surface area contributed by atoms with Gasteiger partial charge in [0.25, 0.3) is 0 Å². The van der Waals surface area contributed by atoms with Crippen LogP contribution in [0.3, 0.4) is 0 Å². The van der Waals surface area contributed by atoms with Crippen LogP contribution < -0.4 is 0 Å². The van der Waals surface area contributed by atoms with Crippen LogP contribution >= 0.6 is 11.3 Å². The van der Waals surface area contributed by atoms with E-state index >= 15 is 0 Å². The van der Waals surface area contributed by atoms with E-state index in [-0.39, 0.29) is 0 Å². The highest BCUT2D eigenvalue weighted by Gasteiger charge is 2.22. The number of hydrogen-bond acceptors (Lipinski definition) is 6. The number of hydrogen-bond donors (Lipinski definition) is 0. The van der Waals surface area contributed by atoms with Crippen molar-refractivity contribution in [3.05, 3.63) is 170 Å². The molecule has 58 heavy (non-hydrogen) atoms. The number of thiophene rings is 1. The molecule has 0 fully saturated rings. The van der Waals surface area contributed by atoms with Crippen molar-refractivity contribution in [2.75, 3.05) is 0 Å². The van der Waals surface area contributed by atoms with Crippen LogP contribution in [0.4, 0.5) is 0 Å². The molecule has 13 aromatic rings. The number of rotatable bonds is 4. The summed E-state index contributed by atoms with van der Waals surface area (Å²) in [5, 5.41) is 8.95. The number of furan rings is 2. The van der Waals surface area contributed by atoms with Crippen LogP contribution in [0.2, 0.25) is 0 Å². The smallest absolute Gasteiger partial charge is 0.238 e. The Labute approximate surface area is 333 Å². The summed E-state index contributed by atoms with van der Waals surface area (Å²) in [7, 11) is 0. The Kier molecular flexibility index (Phi) is 6.50. The van der Waals surface area contributed by atoms with Gasteiger partial charge >= 0.3 is 0 Å². The fourth-order valence-corrected chi connectivity index (χ4v) is 9.99. The zero-order valence-corrected chi connectivity index (χ0v) is 31.5. The molecule has 270 valence electrons. The molecule has 0 amide bonds. The Hall–Kier alpha value is -7.61. The Morgan fingerprint density at radius 1 is 0.397 bits per heavy atom. The molecule has 13 rings (SSSR count). The lowest BCUT2D eigenvalue weighted by atomic mass is 9.99. The molecule has 0 N–H and O–H groups in total. The lowest BCUT2D eigenvalue weighted by Gasteiger charge is -2.11. The largest absolute Gasteiger partial charge is 0.456 e. The van der Waals surface area contributed by atoms with Gasteiger partial charge in [-0.3, -0.25) is 4.57 Å². The number of aromatic nitrogens is 4. The lowest BCUT2D eigenvalue weighted by Crippen LogP contribution is -2.06. The van der Waals surface area contributed by atoms with Crippen molar-refractivity contribution in [1.29, 1.82) is 0 Å². The van der Waals surface area contributed by atoms with E-state index in [1.54, 1.807) is 0 Å². The minimum absolute atomic E-state index is 0.537. The summed E-state index contributed by atoms with van der Waals surface area (Å²) in [5.41, 5.74) is 9.27. The summed E-state index contributed by atoms with van der Waals surface area (Å²) in [5.74, 6) is 1.63. The van der Waals surface area contributed by atoms with Gasteiger partial charge in [0.2, 0.25) is 5.95 Å². The maximum atomic E-state index is 6.58. The molecule has 0 saturated heterocycles. The molecule has 0 radical (unpaired) electrons. The number of nitrogens with zero attached hydrogens (tertiary/aromatic N) is 4. The number of benzene rings is 8. The van der Waals surface area contributed by atoms with E-state index < -0.39 is 0 Å². The molecule has 0 aliphatic heterocycles. The predicted molar refractivity (Wildman–Crippen MR) is 238 cm³/mol. The van der Waals surface area contributed by atoms with Gasteiger partial charge in [0, 0.05) is 63.6 Å². The van der Waals surface area contributed by atoms with Gasteiger partial charge < -0.3 is 8.83 Å². The Bertz CT molecular complexity index is 3820. The molecule has 0 aliphatic carbocycles. The van der Waals surface area contributed by atoms with E-state index in [0.717, 1.165) is 87.9 Å². The first-order valence-electron chi connectivity index (χ1n) is 19.3. The third kappa shape index (κ3) is 4.56. The number of para-hydroxylation sites is 2. The van der Waals surface area contributed by atoms with E-state index in [1.165, 1.54) is 20.2 Å². The van der Waals surface area contributed by atoms with Gasteiger partial charge in [0.05, 0.1) is 11.0 Å². The second-order valence-corrected chi connectivity index (χ2v) is 15.8. The standard InChI is InChI=1S/C51H28N4O2S/c1-2-11-29(12-3-1)32-16-10-19-41-46(32)37-24-22-31(28-43(37)57-41)50-52-49(30-21-23-35-34-14-5-8-18-40(34)56-42(35)27-30)53-51(54-50)55-39-17-7-4-13-33(39)36-25-26-45-47(48(36)55)38-15-6-9-20-44(38)58-45/h1-28H. The van der Waals surface area contributed by atoms with Crippen LogP contribution in [-0.4, -0.2) is 19.5 Å². The molecule has 0 unspecified atom stereocenters. The fraction of sp³-hybridized carbons (Fsp3) is 0. The number of fused-ring (bicyclic) bond motifs is 13. The average Bonchev–Trinajstić information content (AvgIpc) is 4.04. The third-order valence-corrected chi connectivity index (χ3v) is 12.6. The van der Waals surface area contributed by atoms with E-state index in [4.69, 9.17) is 23.8 Å². The maximum absolute atomic E-state index is 6.58. The van der Waals surface area contributed by atoms with Crippen LogP contribution in [-0.2, 0) is 0 Å². The topological polar surface area (TPSA) is 69.9 Å². The van der Waals surface area contributed by atoms with E-state index in [0.29, 0.717) is 17.6 Å². The summed E-state index contributed by atoms with van der Waals surface area (Å²) < 4.78 is 17.6. The van der Waals surface area contributed by atoms with Gasteiger partial charge in [-0.1, -0.05) is 115 Å². The van der Waals surface area contributed by atoms with Crippen LogP contribution in [0.15, 0.2) is 179 Å². The van der Waals surface area contributed by atoms with Crippen molar-refractivity contribution in [1.82, 2.24) is 19.5 Å². The highest BCUT2D eigenvalue weighted by atomic mass is 32.1. The summed E-state index contributed by atoms with van der Waals surface area (Å²) in [4.78, 5) is 15.9. The van der Waals surface area contributed by atoms with Gasteiger partial charge in [-0.15, -0.1) is 11.3 Å². The molecular formula is C51H28N4O2S. The second kappa shape index (κ2) is 11.9. The summed E-state index contributed by atoms with van der Waals surface area (Å²) >= 11 is 1.81. The van der Waals surface area contributed by atoms with Gasteiger partial charge in [-0.25, -0.2) is 4.98 Å². The third-order valence-electron chi connectivity index (χ3n) is 11.5.